The first-order valence-corrected chi connectivity index (χ1v) is 7.83. The van der Waals surface area contributed by atoms with Crippen LogP contribution in [0.4, 0.5) is 14.5 Å². The van der Waals surface area contributed by atoms with E-state index in [0.717, 1.165) is 6.42 Å². The van der Waals surface area contributed by atoms with Gasteiger partial charge in [-0.05, 0) is 25.5 Å². The number of carbonyl (C=O) groups excluding carboxylic acids is 1. The van der Waals surface area contributed by atoms with E-state index in [0.29, 0.717) is 25.4 Å². The first-order chi connectivity index (χ1) is 11.5. The van der Waals surface area contributed by atoms with Crippen molar-refractivity contribution in [3.8, 4) is 5.75 Å². The van der Waals surface area contributed by atoms with Crippen molar-refractivity contribution in [1.82, 2.24) is 5.32 Å². The van der Waals surface area contributed by atoms with E-state index in [1.807, 2.05) is 4.90 Å². The van der Waals surface area contributed by atoms with Gasteiger partial charge in [0, 0.05) is 19.1 Å². The van der Waals surface area contributed by atoms with Gasteiger partial charge in [0.1, 0.15) is 11.9 Å². The third kappa shape index (κ3) is 4.92. The van der Waals surface area contributed by atoms with Crippen LogP contribution < -0.4 is 15.0 Å². The van der Waals surface area contributed by atoms with E-state index < -0.39 is 12.7 Å². The highest BCUT2D eigenvalue weighted by Crippen LogP contribution is 2.31. The fourth-order valence-corrected chi connectivity index (χ4v) is 2.62. The maximum absolute atomic E-state index is 12.5. The summed E-state index contributed by atoms with van der Waals surface area (Å²) in [6.07, 6.45) is 1.75. The second kappa shape index (κ2) is 8.63. The van der Waals surface area contributed by atoms with Gasteiger partial charge < -0.3 is 19.7 Å². The summed E-state index contributed by atoms with van der Waals surface area (Å²) < 4.78 is 34.9. The van der Waals surface area contributed by atoms with Crippen LogP contribution in [-0.4, -0.2) is 44.4 Å². The van der Waals surface area contributed by atoms with Gasteiger partial charge in [-0.1, -0.05) is 18.2 Å². The smallest absolute Gasteiger partial charge is 0.387 e. The lowest BCUT2D eigenvalue weighted by molar-refractivity contribution is -0.131. The van der Waals surface area contributed by atoms with Crippen LogP contribution in [0, 0.1) is 0 Å². The number of rotatable bonds is 8. The number of nitrogens with zero attached hydrogens (tertiary/aromatic N) is 1. The number of halogens is 2. The van der Waals surface area contributed by atoms with Gasteiger partial charge in [0.05, 0.1) is 12.3 Å². The molecule has 1 N–H and O–H groups in total. The van der Waals surface area contributed by atoms with Crippen molar-refractivity contribution in [2.24, 2.45) is 0 Å². The molecule has 1 heterocycles. The van der Waals surface area contributed by atoms with Crippen molar-refractivity contribution >= 4 is 11.6 Å². The maximum Gasteiger partial charge on any atom is 0.387 e. The third-order valence-electron chi connectivity index (χ3n) is 3.79. The van der Waals surface area contributed by atoms with Crippen LogP contribution in [0.25, 0.3) is 0 Å². The lowest BCUT2D eigenvalue weighted by Crippen LogP contribution is -2.42. The van der Waals surface area contributed by atoms with E-state index in [9.17, 15) is 13.6 Å². The van der Waals surface area contributed by atoms with Crippen LogP contribution in [0.3, 0.4) is 0 Å². The highest BCUT2D eigenvalue weighted by Gasteiger charge is 2.27. The Morgan fingerprint density at radius 3 is 2.96 bits per heavy atom. The van der Waals surface area contributed by atoms with Gasteiger partial charge in [-0.3, -0.25) is 4.79 Å². The molecule has 1 fully saturated rings. The number of benzene rings is 1. The van der Waals surface area contributed by atoms with Gasteiger partial charge >= 0.3 is 6.61 Å². The van der Waals surface area contributed by atoms with E-state index >= 15 is 0 Å². The Hall–Kier alpha value is -2.15. The number of nitrogens with one attached hydrogen (secondary N) is 1. The maximum atomic E-state index is 12.5. The first kappa shape index (κ1) is 18.2. The normalized spacial score (nSPS) is 18.5. The summed E-state index contributed by atoms with van der Waals surface area (Å²) in [5.41, 5.74) is 0.602. The van der Waals surface area contributed by atoms with Gasteiger partial charge in [0.25, 0.3) is 0 Å². The lowest BCUT2D eigenvalue weighted by atomic mass is 10.2. The number of hydrogen-bond acceptors (Lipinski definition) is 4. The Morgan fingerprint density at radius 2 is 2.25 bits per heavy atom. The van der Waals surface area contributed by atoms with E-state index in [4.69, 9.17) is 4.74 Å². The molecule has 1 aliphatic heterocycles. The summed E-state index contributed by atoms with van der Waals surface area (Å²) in [5, 5.41) is 2.92. The van der Waals surface area contributed by atoms with Gasteiger partial charge in [0.15, 0.2) is 0 Å². The zero-order valence-corrected chi connectivity index (χ0v) is 13.6. The Kier molecular flexibility index (Phi) is 6.54. The van der Waals surface area contributed by atoms with E-state index in [2.05, 4.69) is 16.6 Å². The molecule has 2 rings (SSSR count). The van der Waals surface area contributed by atoms with Crippen LogP contribution in [0.1, 0.15) is 13.3 Å². The van der Waals surface area contributed by atoms with Crippen molar-refractivity contribution < 1.29 is 23.0 Å². The van der Waals surface area contributed by atoms with Crippen LogP contribution in [0.15, 0.2) is 36.9 Å². The van der Waals surface area contributed by atoms with Gasteiger partial charge in [-0.15, -0.1) is 6.58 Å². The molecule has 0 aliphatic carbocycles. The zero-order chi connectivity index (χ0) is 17.5. The average Bonchev–Trinajstić information content (AvgIpc) is 3.00. The molecule has 0 bridgehead atoms. The van der Waals surface area contributed by atoms with Crippen LogP contribution in [0.5, 0.6) is 5.75 Å². The molecular weight excluding hydrogens is 318 g/mol. The minimum absolute atomic E-state index is 0.0631. The topological polar surface area (TPSA) is 50.8 Å². The molecule has 0 aromatic heterocycles. The quantitative estimate of drug-likeness (QED) is 0.739. The molecule has 5 nitrogen and oxygen atoms in total. The Labute approximate surface area is 140 Å². The highest BCUT2D eigenvalue weighted by atomic mass is 19.3. The number of alkyl halides is 2. The lowest BCUT2D eigenvalue weighted by Gasteiger charge is -2.22. The third-order valence-corrected chi connectivity index (χ3v) is 3.79. The molecule has 0 saturated carbocycles. The first-order valence-electron chi connectivity index (χ1n) is 7.83. The second-order valence-corrected chi connectivity index (χ2v) is 5.55. The van der Waals surface area contributed by atoms with Crippen LogP contribution in [-0.2, 0) is 9.53 Å². The molecule has 2 atom stereocenters. The molecule has 0 unspecified atom stereocenters. The molecule has 1 saturated heterocycles. The van der Waals surface area contributed by atoms with E-state index in [1.54, 1.807) is 31.2 Å². The molecule has 132 valence electrons. The predicted octanol–water partition coefficient (Wildman–Crippen LogP) is 2.57. The molecule has 24 heavy (non-hydrogen) atoms. The molecule has 0 radical (unpaired) electrons. The summed E-state index contributed by atoms with van der Waals surface area (Å²) >= 11 is 0. The zero-order valence-electron chi connectivity index (χ0n) is 13.6. The predicted molar refractivity (Wildman–Crippen MR) is 87.4 cm³/mol. The summed E-state index contributed by atoms with van der Waals surface area (Å²) in [4.78, 5) is 14.0. The van der Waals surface area contributed by atoms with Crippen molar-refractivity contribution in [2.45, 2.75) is 32.1 Å². The largest absolute Gasteiger partial charge is 0.433 e. The van der Waals surface area contributed by atoms with Crippen LogP contribution >= 0.6 is 0 Å². The summed E-state index contributed by atoms with van der Waals surface area (Å²) in [6, 6.07) is 6.60. The van der Waals surface area contributed by atoms with E-state index in [-0.39, 0.29) is 17.7 Å². The molecule has 1 aliphatic rings. The van der Waals surface area contributed by atoms with Crippen molar-refractivity contribution in [1.29, 1.82) is 0 Å². The molecule has 1 aromatic rings. The Morgan fingerprint density at radius 1 is 1.50 bits per heavy atom. The van der Waals surface area contributed by atoms with Crippen molar-refractivity contribution in [2.75, 3.05) is 24.6 Å². The Balaban J connectivity index is 1.93. The van der Waals surface area contributed by atoms with Gasteiger partial charge in [-0.2, -0.15) is 8.78 Å². The number of amides is 1. The summed E-state index contributed by atoms with van der Waals surface area (Å²) in [7, 11) is 0. The highest BCUT2D eigenvalue weighted by molar-refractivity contribution is 5.80. The fourth-order valence-electron chi connectivity index (χ4n) is 2.62. The van der Waals surface area contributed by atoms with E-state index in [1.165, 1.54) is 6.07 Å². The second-order valence-electron chi connectivity index (χ2n) is 5.55. The monoisotopic (exact) mass is 340 g/mol. The molecule has 1 amide bonds. The average molecular weight is 340 g/mol. The van der Waals surface area contributed by atoms with Gasteiger partial charge in [-0.25, -0.2) is 0 Å². The minimum Gasteiger partial charge on any atom is -0.433 e. The Bertz CT molecular complexity index is 569. The minimum atomic E-state index is -2.87. The number of ether oxygens (including phenoxy) is 2. The molecule has 0 spiro atoms. The standard InChI is InChI=1S/C17H22F2N2O3/c1-3-10-23-12(2)16(22)20-13-8-9-21(11-13)14-6-4-5-7-15(14)24-17(18)19/h3-7,12-13,17H,1,8-11H2,2H3,(H,20,22)/t12-,13+/m1/s1. The summed E-state index contributed by atoms with van der Waals surface area (Å²) in [6.45, 7) is 3.84. The SMILES string of the molecule is C=CCO[C@H](C)C(=O)N[C@H]1CCN(c2ccccc2OC(F)F)C1. The number of hydrogen-bond donors (Lipinski definition) is 1. The number of para-hydroxylation sites is 2. The molecule has 7 heteroatoms. The van der Waals surface area contributed by atoms with Crippen molar-refractivity contribution in [3.63, 3.8) is 0 Å². The van der Waals surface area contributed by atoms with Gasteiger partial charge in [0.2, 0.25) is 5.91 Å². The number of carbonyl (C=O) groups is 1. The van der Waals surface area contributed by atoms with Crippen LogP contribution in [0.2, 0.25) is 0 Å². The molecular formula is C17H22F2N2O3. The summed E-state index contributed by atoms with van der Waals surface area (Å²) in [5.74, 6) is -0.0528. The number of anilines is 1. The van der Waals surface area contributed by atoms with Crippen molar-refractivity contribution in [3.05, 3.63) is 36.9 Å². The fraction of sp³-hybridized carbons (Fsp3) is 0.471. The molecule has 1 aromatic carbocycles.